The maximum absolute atomic E-state index is 13.2. The third kappa shape index (κ3) is 4.65. The van der Waals surface area contributed by atoms with Gasteiger partial charge >= 0.3 is 18.3 Å². The van der Waals surface area contributed by atoms with Crippen LogP contribution >= 0.6 is 0 Å². The Labute approximate surface area is 192 Å². The summed E-state index contributed by atoms with van der Waals surface area (Å²) >= 11 is 0. The normalized spacial score (nSPS) is 27.0. The van der Waals surface area contributed by atoms with Crippen LogP contribution in [0.2, 0.25) is 0 Å². The van der Waals surface area contributed by atoms with Gasteiger partial charge in [0.05, 0.1) is 42.4 Å². The molecule has 1 N–H and O–H groups in total. The summed E-state index contributed by atoms with van der Waals surface area (Å²) in [5.41, 5.74) is -2.98. The van der Waals surface area contributed by atoms with E-state index in [0.29, 0.717) is 31.4 Å². The zero-order valence-corrected chi connectivity index (χ0v) is 18.2. The molecule has 10 heteroatoms. The van der Waals surface area contributed by atoms with Gasteiger partial charge in [-0.15, -0.1) is 0 Å². The molecule has 184 valence electrons. The van der Waals surface area contributed by atoms with Crippen molar-refractivity contribution in [2.75, 3.05) is 7.11 Å². The van der Waals surface area contributed by atoms with Gasteiger partial charge in [-0.3, -0.25) is 4.79 Å². The summed E-state index contributed by atoms with van der Waals surface area (Å²) in [4.78, 5) is 12.4. The number of rotatable bonds is 5. The molecule has 34 heavy (non-hydrogen) atoms. The first-order valence-corrected chi connectivity index (χ1v) is 10.7. The number of benzene rings is 2. The van der Waals surface area contributed by atoms with Crippen LogP contribution in [-0.4, -0.2) is 25.2 Å². The van der Waals surface area contributed by atoms with E-state index in [1.54, 1.807) is 0 Å². The lowest BCUT2D eigenvalue weighted by Gasteiger charge is -2.42. The SMILES string of the molecule is COC(=O)C1CC2(c3ccccc3)NC1CCC2OCc1cc(C(F)(F)F)cc(C(F)(F)F)c1. The standard InChI is InChI=1S/C24H23F6NO3/c1-33-21(32)18-12-22(15-5-3-2-4-6-15)20(8-7-19(18)31-22)34-13-14-9-16(23(25,26)27)11-17(10-14)24(28,29)30/h2-6,9-11,18-20,31H,7-8,12-13H2,1H3. The Morgan fingerprint density at radius 3 is 2.18 bits per heavy atom. The lowest BCUT2D eigenvalue weighted by Crippen LogP contribution is -2.54. The monoisotopic (exact) mass is 487 g/mol. The van der Waals surface area contributed by atoms with Gasteiger partial charge < -0.3 is 14.8 Å². The van der Waals surface area contributed by atoms with E-state index in [-0.39, 0.29) is 23.6 Å². The second kappa shape index (κ2) is 8.88. The molecular formula is C24H23F6NO3. The summed E-state index contributed by atoms with van der Waals surface area (Å²) in [6, 6.07) is 10.5. The minimum absolute atomic E-state index is 0.0969. The van der Waals surface area contributed by atoms with Gasteiger partial charge in [-0.1, -0.05) is 30.3 Å². The average Bonchev–Trinajstić information content (AvgIpc) is 3.11. The predicted molar refractivity (Wildman–Crippen MR) is 109 cm³/mol. The first-order chi connectivity index (χ1) is 15.9. The number of hydrogen-bond donors (Lipinski definition) is 1. The van der Waals surface area contributed by atoms with Crippen molar-refractivity contribution in [2.45, 2.75) is 55.9 Å². The molecule has 2 aromatic rings. The van der Waals surface area contributed by atoms with E-state index in [2.05, 4.69) is 5.32 Å². The van der Waals surface area contributed by atoms with Gasteiger partial charge in [0.2, 0.25) is 0 Å². The number of hydrogen-bond acceptors (Lipinski definition) is 4. The van der Waals surface area contributed by atoms with Crippen LogP contribution in [0.1, 0.15) is 41.5 Å². The molecule has 2 fully saturated rings. The molecule has 2 heterocycles. The number of nitrogens with one attached hydrogen (secondary N) is 1. The van der Waals surface area contributed by atoms with Crippen LogP contribution in [0.3, 0.4) is 0 Å². The van der Waals surface area contributed by atoms with E-state index in [1.165, 1.54) is 7.11 Å². The summed E-state index contributed by atoms with van der Waals surface area (Å²) in [6.45, 7) is -0.443. The Kier molecular flexibility index (Phi) is 6.41. The van der Waals surface area contributed by atoms with Crippen LogP contribution in [0.5, 0.6) is 0 Å². The summed E-state index contributed by atoms with van der Waals surface area (Å²) in [7, 11) is 1.31. The number of ether oxygens (including phenoxy) is 2. The molecule has 2 aliphatic rings. The predicted octanol–water partition coefficient (Wildman–Crippen LogP) is 5.45. The Balaban J connectivity index is 1.64. The van der Waals surface area contributed by atoms with Gasteiger partial charge in [-0.2, -0.15) is 26.3 Å². The second-order valence-corrected chi connectivity index (χ2v) is 8.71. The van der Waals surface area contributed by atoms with Gasteiger partial charge in [0, 0.05) is 6.04 Å². The molecule has 0 radical (unpaired) electrons. The van der Waals surface area contributed by atoms with Crippen LogP contribution in [0.25, 0.3) is 0 Å². The molecule has 2 aliphatic heterocycles. The van der Waals surface area contributed by atoms with Crippen LogP contribution in [0.15, 0.2) is 48.5 Å². The van der Waals surface area contributed by atoms with Gasteiger partial charge in [0.25, 0.3) is 0 Å². The zero-order valence-electron chi connectivity index (χ0n) is 18.2. The largest absolute Gasteiger partial charge is 0.469 e. The summed E-state index contributed by atoms with van der Waals surface area (Å²) in [6.07, 6.45) is -9.07. The fraction of sp³-hybridized carbons (Fsp3) is 0.458. The lowest BCUT2D eigenvalue weighted by atomic mass is 9.80. The van der Waals surface area contributed by atoms with Gasteiger partial charge in [0.1, 0.15) is 0 Å². The number of carbonyl (C=O) groups is 1. The topological polar surface area (TPSA) is 47.6 Å². The van der Waals surface area contributed by atoms with Crippen LogP contribution < -0.4 is 5.32 Å². The minimum atomic E-state index is -4.93. The van der Waals surface area contributed by atoms with E-state index < -0.39 is 47.6 Å². The molecule has 4 rings (SSSR count). The molecule has 4 atom stereocenters. The van der Waals surface area contributed by atoms with Gasteiger partial charge in [-0.05, 0) is 48.6 Å². The van der Waals surface area contributed by atoms with Crippen LogP contribution in [0, 0.1) is 5.92 Å². The highest BCUT2D eigenvalue weighted by Crippen LogP contribution is 2.48. The third-order valence-corrected chi connectivity index (χ3v) is 6.65. The highest BCUT2D eigenvalue weighted by molar-refractivity contribution is 5.74. The fourth-order valence-corrected chi connectivity index (χ4v) is 5.10. The maximum Gasteiger partial charge on any atom is 0.416 e. The Bertz CT molecular complexity index is 1010. The number of halogens is 6. The van der Waals surface area contributed by atoms with E-state index in [9.17, 15) is 31.1 Å². The zero-order chi connectivity index (χ0) is 24.7. The lowest BCUT2D eigenvalue weighted by molar-refractivity contribution is -0.146. The summed E-state index contributed by atoms with van der Waals surface area (Å²) < 4.78 is 90.3. The molecule has 2 bridgehead atoms. The van der Waals surface area contributed by atoms with E-state index in [1.807, 2.05) is 30.3 Å². The minimum Gasteiger partial charge on any atom is -0.469 e. The van der Waals surface area contributed by atoms with Crippen molar-refractivity contribution in [1.29, 1.82) is 0 Å². The first kappa shape index (κ1) is 24.5. The number of esters is 1. The number of methoxy groups -OCH3 is 1. The Morgan fingerprint density at radius 1 is 1.00 bits per heavy atom. The molecule has 4 nitrogen and oxygen atoms in total. The van der Waals surface area contributed by atoms with Crippen molar-refractivity contribution in [2.24, 2.45) is 5.92 Å². The van der Waals surface area contributed by atoms with Crippen molar-refractivity contribution < 1.29 is 40.6 Å². The third-order valence-electron chi connectivity index (χ3n) is 6.65. The molecular weight excluding hydrogens is 464 g/mol. The van der Waals surface area contributed by atoms with E-state index in [4.69, 9.17) is 9.47 Å². The molecule has 0 saturated carbocycles. The second-order valence-electron chi connectivity index (χ2n) is 8.71. The van der Waals surface area contributed by atoms with E-state index in [0.717, 1.165) is 5.56 Å². The van der Waals surface area contributed by atoms with Gasteiger partial charge in [-0.25, -0.2) is 0 Å². The maximum atomic E-state index is 13.2. The smallest absolute Gasteiger partial charge is 0.416 e. The van der Waals surface area contributed by atoms with Crippen molar-refractivity contribution >= 4 is 5.97 Å². The summed E-state index contributed by atoms with van der Waals surface area (Å²) in [5.74, 6) is -0.812. The average molecular weight is 487 g/mol. The van der Waals surface area contributed by atoms with Crippen molar-refractivity contribution in [3.8, 4) is 0 Å². The van der Waals surface area contributed by atoms with Crippen molar-refractivity contribution in [3.63, 3.8) is 0 Å². The highest BCUT2D eigenvalue weighted by Gasteiger charge is 2.56. The fourth-order valence-electron chi connectivity index (χ4n) is 5.10. The number of fused-ring (bicyclic) bond motifs is 2. The first-order valence-electron chi connectivity index (χ1n) is 10.7. The summed E-state index contributed by atoms with van der Waals surface area (Å²) in [5, 5.41) is 3.46. The quantitative estimate of drug-likeness (QED) is 0.450. The number of alkyl halides is 6. The molecule has 0 amide bonds. The molecule has 4 unspecified atom stereocenters. The van der Waals surface area contributed by atoms with Crippen LogP contribution in [0.4, 0.5) is 26.3 Å². The Morgan fingerprint density at radius 2 is 1.62 bits per heavy atom. The van der Waals surface area contributed by atoms with Gasteiger partial charge in [0.15, 0.2) is 0 Å². The molecule has 0 aliphatic carbocycles. The highest BCUT2D eigenvalue weighted by atomic mass is 19.4. The number of piperidine rings is 1. The molecule has 2 aromatic carbocycles. The molecule has 2 saturated heterocycles. The van der Waals surface area contributed by atoms with Crippen molar-refractivity contribution in [1.82, 2.24) is 5.32 Å². The Hall–Kier alpha value is -2.59. The van der Waals surface area contributed by atoms with Crippen LogP contribution in [-0.2, 0) is 38.8 Å². The number of carbonyl (C=O) groups excluding carboxylic acids is 1. The molecule has 0 aromatic heterocycles. The molecule has 0 spiro atoms. The van der Waals surface area contributed by atoms with E-state index >= 15 is 0 Å². The van der Waals surface area contributed by atoms with Crippen molar-refractivity contribution in [3.05, 3.63) is 70.8 Å².